The Morgan fingerprint density at radius 3 is 2.48 bits per heavy atom. The van der Waals surface area contributed by atoms with Crippen molar-refractivity contribution in [3.8, 4) is 0 Å². The van der Waals surface area contributed by atoms with Crippen molar-refractivity contribution in [1.82, 2.24) is 9.80 Å². The van der Waals surface area contributed by atoms with Gasteiger partial charge in [-0.3, -0.25) is 14.5 Å². The molecule has 25 heavy (non-hydrogen) atoms. The SMILES string of the molecule is COC(=O)C1N(CC(C)C)CC(=O)N(Cc2ccc(Cl)cc2)C12CC2. The van der Waals surface area contributed by atoms with Gasteiger partial charge in [0.2, 0.25) is 5.91 Å². The van der Waals surface area contributed by atoms with E-state index in [1.165, 1.54) is 7.11 Å². The van der Waals surface area contributed by atoms with Crippen LogP contribution in [0.2, 0.25) is 5.02 Å². The van der Waals surface area contributed by atoms with Crippen molar-refractivity contribution in [2.45, 2.75) is 44.8 Å². The van der Waals surface area contributed by atoms with Gasteiger partial charge < -0.3 is 9.64 Å². The predicted molar refractivity (Wildman–Crippen MR) is 96.2 cm³/mol. The summed E-state index contributed by atoms with van der Waals surface area (Å²) in [6.45, 7) is 5.66. The van der Waals surface area contributed by atoms with Gasteiger partial charge in [-0.05, 0) is 36.5 Å². The molecule has 2 fully saturated rings. The molecule has 1 atom stereocenters. The molecule has 1 aromatic carbocycles. The zero-order chi connectivity index (χ0) is 18.2. The normalized spacial score (nSPS) is 22.5. The summed E-state index contributed by atoms with van der Waals surface area (Å²) in [7, 11) is 1.42. The molecule has 136 valence electrons. The maximum atomic E-state index is 12.9. The van der Waals surface area contributed by atoms with Crippen molar-refractivity contribution in [3.05, 3.63) is 34.9 Å². The average molecular weight is 365 g/mol. The second kappa shape index (κ2) is 6.96. The summed E-state index contributed by atoms with van der Waals surface area (Å²) in [5, 5.41) is 0.672. The third-order valence-electron chi connectivity index (χ3n) is 5.09. The fourth-order valence-corrected chi connectivity index (χ4v) is 4.02. The lowest BCUT2D eigenvalue weighted by molar-refractivity contribution is -0.162. The molecule has 1 unspecified atom stereocenters. The maximum Gasteiger partial charge on any atom is 0.325 e. The summed E-state index contributed by atoms with van der Waals surface area (Å²) in [6, 6.07) is 7.13. The third-order valence-corrected chi connectivity index (χ3v) is 5.34. The molecule has 1 aliphatic heterocycles. The van der Waals surface area contributed by atoms with E-state index in [0.717, 1.165) is 18.4 Å². The zero-order valence-electron chi connectivity index (χ0n) is 15.0. The first-order valence-corrected chi connectivity index (χ1v) is 9.12. The van der Waals surface area contributed by atoms with Crippen LogP contribution in [0.5, 0.6) is 0 Å². The van der Waals surface area contributed by atoms with E-state index < -0.39 is 5.54 Å². The Labute approximate surface area is 153 Å². The van der Waals surface area contributed by atoms with Gasteiger partial charge >= 0.3 is 5.97 Å². The van der Waals surface area contributed by atoms with Gasteiger partial charge in [-0.1, -0.05) is 37.6 Å². The first-order chi connectivity index (χ1) is 11.9. The van der Waals surface area contributed by atoms with Crippen molar-refractivity contribution in [2.24, 2.45) is 5.92 Å². The van der Waals surface area contributed by atoms with Gasteiger partial charge in [-0.15, -0.1) is 0 Å². The lowest BCUT2D eigenvalue weighted by Gasteiger charge is -2.47. The number of esters is 1. The van der Waals surface area contributed by atoms with Crippen molar-refractivity contribution in [2.75, 3.05) is 20.2 Å². The van der Waals surface area contributed by atoms with Crippen LogP contribution in [0.3, 0.4) is 0 Å². The van der Waals surface area contributed by atoms with Gasteiger partial charge in [0.15, 0.2) is 0 Å². The van der Waals surface area contributed by atoms with Gasteiger partial charge in [0.05, 0.1) is 19.2 Å². The number of amides is 1. The number of halogens is 1. The molecule has 2 aliphatic rings. The number of carbonyl (C=O) groups is 2. The van der Waals surface area contributed by atoms with Gasteiger partial charge in [-0.25, -0.2) is 0 Å². The second-order valence-corrected chi connectivity index (χ2v) is 7.90. The van der Waals surface area contributed by atoms with E-state index in [2.05, 4.69) is 13.8 Å². The van der Waals surface area contributed by atoms with Gasteiger partial charge in [-0.2, -0.15) is 0 Å². The quantitative estimate of drug-likeness (QED) is 0.754. The summed E-state index contributed by atoms with van der Waals surface area (Å²) in [4.78, 5) is 29.3. The Morgan fingerprint density at radius 2 is 1.96 bits per heavy atom. The number of rotatable bonds is 5. The molecular weight excluding hydrogens is 340 g/mol. The summed E-state index contributed by atoms with van der Waals surface area (Å²) in [6.07, 6.45) is 1.67. The summed E-state index contributed by atoms with van der Waals surface area (Å²) < 4.78 is 5.09. The Kier molecular flexibility index (Phi) is 5.07. The van der Waals surface area contributed by atoms with E-state index in [1.54, 1.807) is 0 Å². The molecule has 1 spiro atoms. The molecule has 1 saturated heterocycles. The largest absolute Gasteiger partial charge is 0.468 e. The van der Waals surface area contributed by atoms with Crippen LogP contribution in [0.25, 0.3) is 0 Å². The molecule has 1 saturated carbocycles. The van der Waals surface area contributed by atoms with Crippen LogP contribution >= 0.6 is 11.6 Å². The van der Waals surface area contributed by atoms with Crippen LogP contribution in [0.1, 0.15) is 32.3 Å². The van der Waals surface area contributed by atoms with E-state index >= 15 is 0 Å². The lowest BCUT2D eigenvalue weighted by Crippen LogP contribution is -2.66. The van der Waals surface area contributed by atoms with E-state index in [-0.39, 0.29) is 24.5 Å². The summed E-state index contributed by atoms with van der Waals surface area (Å²) in [5.74, 6) is 0.207. The second-order valence-electron chi connectivity index (χ2n) is 7.46. The molecule has 0 N–H and O–H groups in total. The summed E-state index contributed by atoms with van der Waals surface area (Å²) >= 11 is 5.95. The van der Waals surface area contributed by atoms with Crippen LogP contribution in [0, 0.1) is 5.92 Å². The number of hydrogen-bond acceptors (Lipinski definition) is 4. The Hall–Kier alpha value is -1.59. The Morgan fingerprint density at radius 1 is 1.32 bits per heavy atom. The fourth-order valence-electron chi connectivity index (χ4n) is 3.89. The molecular formula is C19H25ClN2O3. The smallest absolute Gasteiger partial charge is 0.325 e. The first kappa shape index (κ1) is 18.2. The third kappa shape index (κ3) is 3.53. The van der Waals surface area contributed by atoms with Crippen LogP contribution in [0.4, 0.5) is 0 Å². The number of hydrogen-bond donors (Lipinski definition) is 0. The average Bonchev–Trinajstić information content (AvgIpc) is 3.33. The van der Waals surface area contributed by atoms with Crippen LogP contribution in [0.15, 0.2) is 24.3 Å². The molecule has 0 bridgehead atoms. The van der Waals surface area contributed by atoms with E-state index in [4.69, 9.17) is 16.3 Å². The fraction of sp³-hybridized carbons (Fsp3) is 0.579. The zero-order valence-corrected chi connectivity index (χ0v) is 15.8. The van der Waals surface area contributed by atoms with Crippen molar-refractivity contribution < 1.29 is 14.3 Å². The number of ether oxygens (including phenoxy) is 1. The minimum atomic E-state index is -0.434. The highest BCUT2D eigenvalue weighted by atomic mass is 35.5. The number of methoxy groups -OCH3 is 1. The molecule has 1 heterocycles. The van der Waals surface area contributed by atoms with Crippen LogP contribution in [-0.4, -0.2) is 53.5 Å². The Balaban J connectivity index is 1.88. The lowest BCUT2D eigenvalue weighted by atomic mass is 9.96. The first-order valence-electron chi connectivity index (χ1n) is 8.74. The molecule has 1 aromatic rings. The molecule has 6 heteroatoms. The van der Waals surface area contributed by atoms with Crippen molar-refractivity contribution in [1.29, 1.82) is 0 Å². The van der Waals surface area contributed by atoms with Crippen LogP contribution in [-0.2, 0) is 20.9 Å². The highest BCUT2D eigenvalue weighted by Gasteiger charge is 2.63. The Bertz CT molecular complexity index is 655. The molecule has 0 aromatic heterocycles. The monoisotopic (exact) mass is 364 g/mol. The highest BCUT2D eigenvalue weighted by molar-refractivity contribution is 6.30. The standard InChI is InChI=1S/C19H25ClN2O3/c1-13(2)10-21-12-16(23)22(11-14-4-6-15(20)7-5-14)19(8-9-19)17(21)18(24)25-3/h4-7,13,17H,8-12H2,1-3H3. The van der Waals surface area contributed by atoms with Gasteiger partial charge in [0.25, 0.3) is 0 Å². The number of carbonyl (C=O) groups excluding carboxylic acids is 2. The van der Waals surface area contributed by atoms with Crippen molar-refractivity contribution in [3.63, 3.8) is 0 Å². The van der Waals surface area contributed by atoms with Crippen LogP contribution < -0.4 is 0 Å². The minimum absolute atomic E-state index is 0.0771. The predicted octanol–water partition coefficient (Wildman–Crippen LogP) is 2.71. The summed E-state index contributed by atoms with van der Waals surface area (Å²) in [5.41, 5.74) is 0.585. The molecule has 3 rings (SSSR count). The maximum absolute atomic E-state index is 12.9. The number of piperazine rings is 1. The van der Waals surface area contributed by atoms with Gasteiger partial charge in [0.1, 0.15) is 6.04 Å². The number of benzene rings is 1. The topological polar surface area (TPSA) is 49.9 Å². The molecule has 1 aliphatic carbocycles. The van der Waals surface area contributed by atoms with E-state index in [0.29, 0.717) is 24.0 Å². The van der Waals surface area contributed by atoms with E-state index in [9.17, 15) is 9.59 Å². The molecule has 0 radical (unpaired) electrons. The van der Waals surface area contributed by atoms with Gasteiger partial charge in [0, 0.05) is 18.1 Å². The molecule has 5 nitrogen and oxygen atoms in total. The highest BCUT2D eigenvalue weighted by Crippen LogP contribution is 2.50. The molecule has 1 amide bonds. The van der Waals surface area contributed by atoms with Crippen molar-refractivity contribution >= 4 is 23.5 Å². The van der Waals surface area contributed by atoms with E-state index in [1.807, 2.05) is 34.1 Å². The minimum Gasteiger partial charge on any atom is -0.468 e. The number of nitrogens with zero attached hydrogens (tertiary/aromatic N) is 2.